The SMILES string of the molecule is C[C@@H](Oc1ccc(F)cc1)C(=O)NNC(=O)c1ccc(-c2nnco2)cc1. The molecule has 2 amide bonds. The quantitative estimate of drug-likeness (QED) is 0.666. The average molecular weight is 370 g/mol. The molecule has 9 heteroatoms. The summed E-state index contributed by atoms with van der Waals surface area (Å²) < 4.78 is 23.3. The predicted octanol–water partition coefficient (Wildman–Crippen LogP) is 2.10. The lowest BCUT2D eigenvalue weighted by Crippen LogP contribution is -2.47. The molecule has 0 unspecified atom stereocenters. The zero-order valence-electron chi connectivity index (χ0n) is 14.2. The molecule has 0 aliphatic rings. The fraction of sp³-hybridized carbons (Fsp3) is 0.111. The topological polar surface area (TPSA) is 106 Å². The first kappa shape index (κ1) is 18.1. The lowest BCUT2D eigenvalue weighted by Gasteiger charge is -2.15. The zero-order valence-corrected chi connectivity index (χ0v) is 14.2. The molecule has 138 valence electrons. The highest BCUT2D eigenvalue weighted by Crippen LogP contribution is 2.16. The van der Waals surface area contributed by atoms with Crippen LogP contribution in [0, 0.1) is 5.82 Å². The minimum atomic E-state index is -0.893. The van der Waals surface area contributed by atoms with Crippen LogP contribution in [0.2, 0.25) is 0 Å². The van der Waals surface area contributed by atoms with E-state index in [4.69, 9.17) is 9.15 Å². The first-order chi connectivity index (χ1) is 13.0. The van der Waals surface area contributed by atoms with Gasteiger partial charge in [0.15, 0.2) is 6.10 Å². The molecule has 1 aromatic heterocycles. The van der Waals surface area contributed by atoms with Crippen LogP contribution in [0.1, 0.15) is 17.3 Å². The van der Waals surface area contributed by atoms with Gasteiger partial charge in [-0.3, -0.25) is 20.4 Å². The van der Waals surface area contributed by atoms with Gasteiger partial charge in [0.2, 0.25) is 12.3 Å². The number of hydrogen-bond donors (Lipinski definition) is 2. The number of carbonyl (C=O) groups excluding carboxylic acids is 2. The normalized spacial score (nSPS) is 11.5. The molecule has 0 saturated carbocycles. The predicted molar refractivity (Wildman–Crippen MR) is 91.8 cm³/mol. The third-order valence-corrected chi connectivity index (χ3v) is 3.55. The van der Waals surface area contributed by atoms with Crippen LogP contribution in [0.15, 0.2) is 59.3 Å². The van der Waals surface area contributed by atoms with Gasteiger partial charge in [-0.25, -0.2) is 4.39 Å². The van der Waals surface area contributed by atoms with Crippen LogP contribution >= 0.6 is 0 Å². The van der Waals surface area contributed by atoms with Gasteiger partial charge in [0.25, 0.3) is 11.8 Å². The molecule has 0 spiro atoms. The molecular weight excluding hydrogens is 355 g/mol. The van der Waals surface area contributed by atoms with Crippen LogP contribution in [0.3, 0.4) is 0 Å². The Bertz CT molecular complexity index is 912. The van der Waals surface area contributed by atoms with Crippen LogP contribution in [0.25, 0.3) is 11.5 Å². The van der Waals surface area contributed by atoms with E-state index in [1.54, 1.807) is 24.3 Å². The number of amides is 2. The fourth-order valence-electron chi connectivity index (χ4n) is 2.13. The summed E-state index contributed by atoms with van der Waals surface area (Å²) in [7, 11) is 0. The number of nitrogens with one attached hydrogen (secondary N) is 2. The summed E-state index contributed by atoms with van der Waals surface area (Å²) in [6.45, 7) is 1.50. The van der Waals surface area contributed by atoms with E-state index in [0.717, 1.165) is 0 Å². The molecule has 2 N–H and O–H groups in total. The summed E-state index contributed by atoms with van der Waals surface area (Å²) in [5, 5.41) is 7.35. The molecule has 0 aliphatic heterocycles. The molecule has 3 aromatic rings. The smallest absolute Gasteiger partial charge is 0.279 e. The van der Waals surface area contributed by atoms with Crippen LogP contribution < -0.4 is 15.6 Å². The number of ether oxygens (including phenoxy) is 1. The molecule has 27 heavy (non-hydrogen) atoms. The maximum Gasteiger partial charge on any atom is 0.279 e. The first-order valence-corrected chi connectivity index (χ1v) is 7.92. The van der Waals surface area contributed by atoms with Crippen LogP contribution in [0.5, 0.6) is 5.75 Å². The van der Waals surface area contributed by atoms with Crippen LogP contribution in [-0.4, -0.2) is 28.1 Å². The van der Waals surface area contributed by atoms with Crippen molar-refractivity contribution < 1.29 is 23.1 Å². The largest absolute Gasteiger partial charge is 0.481 e. The Morgan fingerprint density at radius 3 is 2.41 bits per heavy atom. The minimum Gasteiger partial charge on any atom is -0.481 e. The van der Waals surface area contributed by atoms with Gasteiger partial charge >= 0.3 is 0 Å². The number of carbonyl (C=O) groups is 2. The number of nitrogens with zero attached hydrogens (tertiary/aromatic N) is 2. The minimum absolute atomic E-state index is 0.325. The van der Waals surface area contributed by atoms with E-state index in [2.05, 4.69) is 21.0 Å². The molecule has 0 bridgehead atoms. The summed E-state index contributed by atoms with van der Waals surface area (Å²) in [6.07, 6.45) is 0.316. The number of hydrogen-bond acceptors (Lipinski definition) is 6. The van der Waals surface area contributed by atoms with Crippen molar-refractivity contribution in [2.24, 2.45) is 0 Å². The van der Waals surface area contributed by atoms with Crippen molar-refractivity contribution in [3.63, 3.8) is 0 Å². The second-order valence-corrected chi connectivity index (χ2v) is 5.48. The Labute approximate surface area is 153 Å². The average Bonchev–Trinajstić information content (AvgIpc) is 3.22. The Hall–Kier alpha value is -3.75. The van der Waals surface area contributed by atoms with Gasteiger partial charge in [-0.05, 0) is 55.5 Å². The molecular formula is C18H15FN4O4. The monoisotopic (exact) mass is 370 g/mol. The van der Waals surface area contributed by atoms with Crippen molar-refractivity contribution in [1.82, 2.24) is 21.0 Å². The Morgan fingerprint density at radius 2 is 1.78 bits per heavy atom. The zero-order chi connectivity index (χ0) is 19.2. The fourth-order valence-corrected chi connectivity index (χ4v) is 2.13. The lowest BCUT2D eigenvalue weighted by atomic mass is 10.1. The summed E-state index contributed by atoms with van der Waals surface area (Å²) in [4.78, 5) is 24.1. The van der Waals surface area contributed by atoms with E-state index in [1.165, 1.54) is 37.6 Å². The van der Waals surface area contributed by atoms with Crippen molar-refractivity contribution in [3.05, 3.63) is 66.3 Å². The summed E-state index contributed by atoms with van der Waals surface area (Å²) in [5.41, 5.74) is 5.56. The molecule has 3 rings (SSSR count). The Balaban J connectivity index is 1.52. The first-order valence-electron chi connectivity index (χ1n) is 7.92. The highest BCUT2D eigenvalue weighted by molar-refractivity contribution is 5.96. The van der Waals surface area contributed by atoms with Crippen molar-refractivity contribution in [3.8, 4) is 17.2 Å². The van der Waals surface area contributed by atoms with Crippen molar-refractivity contribution >= 4 is 11.8 Å². The third-order valence-electron chi connectivity index (χ3n) is 3.55. The second kappa shape index (κ2) is 8.09. The number of rotatable bonds is 5. The maximum absolute atomic E-state index is 12.9. The molecule has 0 fully saturated rings. The number of halogens is 1. The van der Waals surface area contributed by atoms with Crippen molar-refractivity contribution in [1.29, 1.82) is 0 Å². The van der Waals surface area contributed by atoms with E-state index >= 15 is 0 Å². The number of benzene rings is 2. The highest BCUT2D eigenvalue weighted by Gasteiger charge is 2.16. The maximum atomic E-state index is 12.9. The highest BCUT2D eigenvalue weighted by atomic mass is 19.1. The van der Waals surface area contributed by atoms with E-state index < -0.39 is 23.7 Å². The van der Waals surface area contributed by atoms with E-state index in [0.29, 0.717) is 22.8 Å². The standard InChI is InChI=1S/C18H15FN4O4/c1-11(27-15-8-6-14(19)7-9-15)16(24)21-22-17(25)12-2-4-13(5-3-12)18-23-20-10-26-18/h2-11H,1H3,(H,21,24)(H,22,25)/t11-/m1/s1. The van der Waals surface area contributed by atoms with Gasteiger partial charge in [-0.15, -0.1) is 10.2 Å². The van der Waals surface area contributed by atoms with Crippen molar-refractivity contribution in [2.45, 2.75) is 13.0 Å². The molecule has 2 aromatic carbocycles. The third kappa shape index (κ3) is 4.66. The van der Waals surface area contributed by atoms with E-state index in [1.807, 2.05) is 0 Å². The van der Waals surface area contributed by atoms with Gasteiger partial charge in [0, 0.05) is 11.1 Å². The lowest BCUT2D eigenvalue weighted by molar-refractivity contribution is -0.128. The van der Waals surface area contributed by atoms with Gasteiger partial charge in [0.1, 0.15) is 11.6 Å². The van der Waals surface area contributed by atoms with E-state index in [-0.39, 0.29) is 0 Å². The summed E-state index contributed by atoms with van der Waals surface area (Å²) in [6, 6.07) is 11.7. The van der Waals surface area contributed by atoms with Gasteiger partial charge < -0.3 is 9.15 Å². The summed E-state index contributed by atoms with van der Waals surface area (Å²) in [5.74, 6) is -0.801. The Kier molecular flexibility index (Phi) is 5.41. The summed E-state index contributed by atoms with van der Waals surface area (Å²) >= 11 is 0. The number of hydrazine groups is 1. The van der Waals surface area contributed by atoms with Gasteiger partial charge in [0.05, 0.1) is 0 Å². The van der Waals surface area contributed by atoms with E-state index in [9.17, 15) is 14.0 Å². The second-order valence-electron chi connectivity index (χ2n) is 5.48. The molecule has 1 heterocycles. The van der Waals surface area contributed by atoms with Gasteiger partial charge in [-0.2, -0.15) is 0 Å². The van der Waals surface area contributed by atoms with Gasteiger partial charge in [-0.1, -0.05) is 0 Å². The Morgan fingerprint density at radius 1 is 1.07 bits per heavy atom. The molecule has 0 saturated heterocycles. The number of aromatic nitrogens is 2. The van der Waals surface area contributed by atoms with Crippen LogP contribution in [0.4, 0.5) is 4.39 Å². The molecule has 1 atom stereocenters. The van der Waals surface area contributed by atoms with Crippen molar-refractivity contribution in [2.75, 3.05) is 0 Å². The molecule has 8 nitrogen and oxygen atoms in total. The molecule has 0 radical (unpaired) electrons. The van der Waals surface area contributed by atoms with Crippen LogP contribution in [-0.2, 0) is 4.79 Å². The molecule has 0 aliphatic carbocycles.